The maximum atomic E-state index is 10.7. The van der Waals surface area contributed by atoms with Crippen LogP contribution in [0.15, 0.2) is 40.2 Å². The third kappa shape index (κ3) is 4.79. The molecule has 2 nitrogen and oxygen atoms in total. The molecule has 0 aliphatic carbocycles. The van der Waals surface area contributed by atoms with E-state index in [1.165, 1.54) is 10.5 Å². The first kappa shape index (κ1) is 12.7. The first-order chi connectivity index (χ1) is 7.09. The third-order valence-electron chi connectivity index (χ3n) is 1.50. The quantitative estimate of drug-likeness (QED) is 0.447. The second kappa shape index (κ2) is 6.27. The monoisotopic (exact) mass is 382 g/mol. The van der Waals surface area contributed by atoms with E-state index in [9.17, 15) is 4.79 Å². The summed E-state index contributed by atoms with van der Waals surface area (Å²) in [6, 6.07) is 10.2. The minimum absolute atomic E-state index is 0.270. The van der Waals surface area contributed by atoms with Crippen molar-refractivity contribution in [3.8, 4) is 0 Å². The first-order valence-corrected chi connectivity index (χ1v) is 11.5. The molecule has 0 saturated heterocycles. The number of esters is 1. The number of allylic oxidation sites excluding steroid dienone is 1. The van der Waals surface area contributed by atoms with Gasteiger partial charge in [0.1, 0.15) is 0 Å². The first-order valence-electron chi connectivity index (χ1n) is 4.36. The molecule has 0 aliphatic heterocycles. The van der Waals surface area contributed by atoms with Crippen molar-refractivity contribution in [1.82, 2.24) is 0 Å². The fourth-order valence-electron chi connectivity index (χ4n) is 0.982. The van der Waals surface area contributed by atoms with Gasteiger partial charge < -0.3 is 0 Å². The Bertz CT molecular complexity index is 362. The molecule has 4 heteroatoms. The third-order valence-corrected chi connectivity index (χ3v) is 8.31. The molecule has 0 spiro atoms. The summed E-state index contributed by atoms with van der Waals surface area (Å²) in [6.45, 7) is 3.21. The van der Waals surface area contributed by atoms with Crippen LogP contribution in [0, 0.1) is 3.57 Å². The summed E-state index contributed by atoms with van der Waals surface area (Å²) in [5.74, 6) is 0.405. The molecule has 0 heterocycles. The van der Waals surface area contributed by atoms with E-state index in [1.54, 1.807) is 6.92 Å². The van der Waals surface area contributed by atoms with Gasteiger partial charge in [-0.2, -0.15) is 0 Å². The van der Waals surface area contributed by atoms with E-state index in [-0.39, 0.29) is 5.97 Å². The van der Waals surface area contributed by atoms with E-state index in [4.69, 9.17) is 4.74 Å². The van der Waals surface area contributed by atoms with Gasteiger partial charge in [-0.25, -0.2) is 0 Å². The van der Waals surface area contributed by atoms with E-state index in [2.05, 4.69) is 24.8 Å². The Labute approximate surface area is 103 Å². The molecule has 1 aromatic carbocycles. The number of halogens is 2. The number of ether oxygens (including phenoxy) is 1. The van der Waals surface area contributed by atoms with Gasteiger partial charge in [-0.3, -0.25) is 0 Å². The van der Waals surface area contributed by atoms with Gasteiger partial charge in [0.15, 0.2) is 0 Å². The van der Waals surface area contributed by atoms with Gasteiger partial charge in [0.05, 0.1) is 0 Å². The van der Waals surface area contributed by atoms with Gasteiger partial charge in [0.2, 0.25) is 0 Å². The van der Waals surface area contributed by atoms with E-state index in [1.807, 2.05) is 22.3 Å². The predicted octanol–water partition coefficient (Wildman–Crippen LogP) is 4.10. The van der Waals surface area contributed by atoms with Crippen LogP contribution < -0.4 is 0 Å². The number of benzene rings is 1. The zero-order chi connectivity index (χ0) is 11.3. The summed E-state index contributed by atoms with van der Waals surface area (Å²) in [7, 11) is 0. The van der Waals surface area contributed by atoms with Gasteiger partial charge in [-0.15, -0.1) is 0 Å². The molecule has 0 aromatic heterocycles. The topological polar surface area (TPSA) is 26.3 Å². The number of rotatable bonds is 3. The van der Waals surface area contributed by atoms with Crippen LogP contribution in [0.1, 0.15) is 13.8 Å². The van der Waals surface area contributed by atoms with Gasteiger partial charge in [-0.1, -0.05) is 0 Å². The average Bonchev–Trinajstić information content (AvgIpc) is 2.17. The SMILES string of the molecule is CC(=O)O/C(C)=C\I(Br)c1ccccc1. The van der Waals surface area contributed by atoms with Crippen LogP contribution in [0.3, 0.4) is 0 Å². The Morgan fingerprint density at radius 2 is 1.93 bits per heavy atom. The zero-order valence-corrected chi connectivity index (χ0v) is 12.3. The Hall–Kier alpha value is -0.360. The summed E-state index contributed by atoms with van der Waals surface area (Å²) < 4.78 is 8.27. The van der Waals surface area contributed by atoms with E-state index in [0.717, 1.165) is 0 Å². The summed E-state index contributed by atoms with van der Waals surface area (Å²) in [5, 5.41) is 0. The van der Waals surface area contributed by atoms with Crippen molar-refractivity contribution in [3.63, 3.8) is 0 Å². The molecule has 0 N–H and O–H groups in total. The zero-order valence-electron chi connectivity index (χ0n) is 8.54. The van der Waals surface area contributed by atoms with Crippen LogP contribution in [0.5, 0.6) is 0 Å². The second-order valence-electron chi connectivity index (χ2n) is 2.87. The Morgan fingerprint density at radius 3 is 2.47 bits per heavy atom. The fraction of sp³-hybridized carbons (Fsp3) is 0.182. The minimum atomic E-state index is -1.48. The normalized spacial score (nSPS) is 12.2. The molecule has 15 heavy (non-hydrogen) atoms. The fourth-order valence-corrected chi connectivity index (χ4v) is 6.32. The average molecular weight is 383 g/mol. The molecule has 0 radical (unpaired) electrons. The molecule has 0 saturated carbocycles. The summed E-state index contributed by atoms with van der Waals surface area (Å²) in [6.07, 6.45) is 0. The molecule has 0 bridgehead atoms. The molecular formula is C11H12BrIO2. The van der Waals surface area contributed by atoms with Gasteiger partial charge in [0.25, 0.3) is 0 Å². The molecule has 82 valence electrons. The molecule has 0 amide bonds. The van der Waals surface area contributed by atoms with Crippen molar-refractivity contribution < 1.29 is 9.53 Å². The van der Waals surface area contributed by atoms with E-state index >= 15 is 0 Å². The maximum absolute atomic E-state index is 10.7. The molecule has 0 aliphatic rings. The van der Waals surface area contributed by atoms with Crippen molar-refractivity contribution in [2.24, 2.45) is 0 Å². The second-order valence-corrected chi connectivity index (χ2v) is 10.6. The van der Waals surface area contributed by atoms with Crippen LogP contribution in [0.25, 0.3) is 0 Å². The number of carbonyl (C=O) groups is 1. The van der Waals surface area contributed by atoms with Crippen molar-refractivity contribution in [3.05, 3.63) is 43.7 Å². The Morgan fingerprint density at radius 1 is 1.33 bits per heavy atom. The van der Waals surface area contributed by atoms with Crippen molar-refractivity contribution in [1.29, 1.82) is 0 Å². The number of carbonyl (C=O) groups excluding carboxylic acids is 1. The number of hydrogen-bond acceptors (Lipinski definition) is 2. The van der Waals surface area contributed by atoms with E-state index in [0.29, 0.717) is 5.76 Å². The van der Waals surface area contributed by atoms with Crippen LogP contribution >= 0.6 is 30.3 Å². The summed E-state index contributed by atoms with van der Waals surface area (Å²) in [5.41, 5.74) is 0. The van der Waals surface area contributed by atoms with Gasteiger partial charge >= 0.3 is 103 Å². The molecule has 0 unspecified atom stereocenters. The molecule has 0 fully saturated rings. The number of hydrogen-bond donors (Lipinski definition) is 0. The Balaban J connectivity index is 2.70. The predicted molar refractivity (Wildman–Crippen MR) is 73.6 cm³/mol. The van der Waals surface area contributed by atoms with Crippen LogP contribution in [0.2, 0.25) is 0 Å². The van der Waals surface area contributed by atoms with Crippen molar-refractivity contribution in [2.75, 3.05) is 0 Å². The molecule has 1 aromatic rings. The van der Waals surface area contributed by atoms with Gasteiger partial charge in [-0.05, 0) is 0 Å². The Kier molecular flexibility index (Phi) is 5.31. The standard InChI is InChI=1S/C11H12BrIO2/c1-9(15-10(2)14)8-13(12)11-6-4-3-5-7-11/h3-8H,1-2H3/b9-8-. The van der Waals surface area contributed by atoms with Crippen LogP contribution in [-0.2, 0) is 9.53 Å². The van der Waals surface area contributed by atoms with Gasteiger partial charge in [0, 0.05) is 0 Å². The van der Waals surface area contributed by atoms with Crippen molar-refractivity contribution >= 4 is 36.3 Å². The summed E-state index contributed by atoms with van der Waals surface area (Å²) >= 11 is 2.19. The molecular weight excluding hydrogens is 371 g/mol. The van der Waals surface area contributed by atoms with Crippen LogP contribution in [-0.4, -0.2) is 5.97 Å². The van der Waals surface area contributed by atoms with Crippen LogP contribution in [0.4, 0.5) is 0 Å². The van der Waals surface area contributed by atoms with E-state index < -0.39 is 17.6 Å². The molecule has 1 rings (SSSR count). The van der Waals surface area contributed by atoms with Crippen molar-refractivity contribution in [2.45, 2.75) is 13.8 Å². The summed E-state index contributed by atoms with van der Waals surface area (Å²) in [4.78, 5) is 10.7. The molecule has 0 atom stereocenters.